The number of carbonyl (C=O) groups excluding carboxylic acids is 2. The number of halogens is 6. The summed E-state index contributed by atoms with van der Waals surface area (Å²) < 4.78 is 39.7. The van der Waals surface area contributed by atoms with Crippen molar-refractivity contribution >= 4 is 155 Å². The Morgan fingerprint density at radius 2 is 1.32 bits per heavy atom. The minimum absolute atomic E-state index is 0.00186. The Kier molecular flexibility index (Phi) is 20.8. The minimum Gasteiger partial charge on any atom is -0.463 e. The Balaban J connectivity index is 1.86. The fourth-order valence-electron chi connectivity index (χ4n) is 3.52. The smallest absolute Gasteiger partial charge is 0.463 e. The van der Waals surface area contributed by atoms with Gasteiger partial charge < -0.3 is 20.1 Å². The van der Waals surface area contributed by atoms with Gasteiger partial charge >= 0.3 is 19.8 Å². The molecule has 9 nitrogen and oxygen atoms in total. The summed E-state index contributed by atoms with van der Waals surface area (Å²) in [4.78, 5) is 34.6. The lowest BCUT2D eigenvalue weighted by molar-refractivity contribution is -0.149. The van der Waals surface area contributed by atoms with Crippen LogP contribution >= 0.6 is 143 Å². The molecule has 16 heteroatoms. The molecule has 0 fully saturated rings. The van der Waals surface area contributed by atoms with Crippen molar-refractivity contribution in [1.29, 1.82) is 0 Å². The van der Waals surface area contributed by atoms with Crippen molar-refractivity contribution in [3.63, 3.8) is 0 Å². The van der Waals surface area contributed by atoms with Crippen LogP contribution in [0.15, 0.2) is 48.6 Å². The first-order valence-electron chi connectivity index (χ1n) is 13.1. The summed E-state index contributed by atoms with van der Waals surface area (Å²) in [7, 11) is -4.53. The van der Waals surface area contributed by atoms with E-state index in [1.54, 1.807) is 12.2 Å². The molecule has 2 atom stereocenters. The molecule has 0 saturated heterocycles. The first-order valence-corrected chi connectivity index (χ1v) is 21.0. The molecule has 0 aliphatic carbocycles. The quantitative estimate of drug-likeness (QED) is 0.0502. The third-order valence-electron chi connectivity index (χ3n) is 5.53. The molecule has 0 bridgehead atoms. The molecule has 0 heterocycles. The van der Waals surface area contributed by atoms with E-state index in [-0.39, 0.29) is 19.6 Å². The Bertz CT molecular complexity index is 1340. The Labute approximate surface area is 339 Å². The third kappa shape index (κ3) is 16.6. The summed E-state index contributed by atoms with van der Waals surface area (Å²) in [5.74, 6) is -1.22. The average molecular weight is 1300 g/mol. The molecule has 2 aromatic carbocycles. The van der Waals surface area contributed by atoms with E-state index in [2.05, 4.69) is 160 Å². The predicted molar refractivity (Wildman–Crippen MR) is 220 cm³/mol. The van der Waals surface area contributed by atoms with Crippen molar-refractivity contribution in [3.05, 3.63) is 81.1 Å². The van der Waals surface area contributed by atoms with Crippen LogP contribution in [0.3, 0.4) is 0 Å². The summed E-state index contributed by atoms with van der Waals surface area (Å²) in [6, 6.07) is 8.46. The van der Waals surface area contributed by atoms with Crippen molar-refractivity contribution < 1.29 is 37.6 Å². The highest BCUT2D eigenvalue weighted by Crippen LogP contribution is 2.44. The number of nitrogens with two attached hydrogens (primary N) is 1. The standard InChI is InChI=1S/C28H30I6NO8P/c29-18-12-23(31)21(24(32)13-18)6-2-1-3-8-27(36)40-16-20(43-44(38,39)42-11-10-35)17-41-28(37)9-5-4-7-22-25(33)14-19(30)15-26(22)34/h1,3,5,9,12-15,20H,2,4,6-8,10-11,16-17,35H2,(H,38,39). The maximum absolute atomic E-state index is 12.3. The van der Waals surface area contributed by atoms with Crippen LogP contribution < -0.4 is 5.73 Å². The Morgan fingerprint density at radius 3 is 1.84 bits per heavy atom. The zero-order valence-electron chi connectivity index (χ0n) is 23.2. The first-order chi connectivity index (χ1) is 20.8. The SMILES string of the molecule is NCCOP(=O)(O)OC(COC(=O)C=CCCc1c(I)cc(I)cc1I)COC(=O)CC=CCCc1c(I)cc(I)cc1I. The minimum atomic E-state index is -4.53. The Hall–Kier alpha value is 1.31. The van der Waals surface area contributed by atoms with Gasteiger partial charge in [0, 0.05) is 34.0 Å². The van der Waals surface area contributed by atoms with E-state index in [1.165, 1.54) is 27.9 Å². The third-order valence-corrected chi connectivity index (χ3v) is 11.7. The van der Waals surface area contributed by atoms with Crippen molar-refractivity contribution in [2.45, 2.75) is 38.2 Å². The summed E-state index contributed by atoms with van der Waals surface area (Å²) >= 11 is 13.8. The number of hydrogen-bond donors (Lipinski definition) is 2. The van der Waals surface area contributed by atoms with E-state index >= 15 is 0 Å². The van der Waals surface area contributed by atoms with Crippen LogP contribution in [0.4, 0.5) is 0 Å². The van der Waals surface area contributed by atoms with E-state index in [0.29, 0.717) is 6.42 Å². The number of allylic oxidation sites excluding steroid dienone is 2. The van der Waals surface area contributed by atoms with Gasteiger partial charge in [-0.3, -0.25) is 13.8 Å². The van der Waals surface area contributed by atoms with E-state index < -0.39 is 39.1 Å². The van der Waals surface area contributed by atoms with Crippen LogP contribution in [0.5, 0.6) is 0 Å². The molecule has 2 aromatic rings. The summed E-state index contributed by atoms with van der Waals surface area (Å²) in [6.45, 7) is -1.06. The number of phosphoric ester groups is 1. The molecule has 0 aromatic heterocycles. The highest BCUT2D eigenvalue weighted by molar-refractivity contribution is 14.1. The molecular weight excluding hydrogens is 1270 g/mol. The molecule has 0 amide bonds. The predicted octanol–water partition coefficient (Wildman–Crippen LogP) is 7.93. The van der Waals surface area contributed by atoms with Gasteiger partial charge in [-0.1, -0.05) is 18.2 Å². The zero-order chi connectivity index (χ0) is 32.7. The molecule has 0 aliphatic rings. The van der Waals surface area contributed by atoms with E-state index in [9.17, 15) is 19.0 Å². The fraction of sp³-hybridized carbons (Fsp3) is 0.357. The number of ether oxygens (including phenoxy) is 2. The van der Waals surface area contributed by atoms with Gasteiger partial charge in [-0.25, -0.2) is 9.36 Å². The molecule has 2 unspecified atom stereocenters. The van der Waals surface area contributed by atoms with Crippen molar-refractivity contribution in [3.8, 4) is 0 Å². The molecule has 0 radical (unpaired) electrons. The molecular formula is C28H30I6NO8P. The monoisotopic (exact) mass is 1300 g/mol. The molecule has 3 N–H and O–H groups in total. The second-order valence-corrected chi connectivity index (χ2v) is 17.5. The topological polar surface area (TPSA) is 134 Å². The second kappa shape index (κ2) is 22.1. The molecule has 2 rings (SSSR count). The number of benzene rings is 2. The lowest BCUT2D eigenvalue weighted by Gasteiger charge is -2.20. The molecule has 44 heavy (non-hydrogen) atoms. The average Bonchev–Trinajstić information content (AvgIpc) is 2.93. The summed E-state index contributed by atoms with van der Waals surface area (Å²) in [6.07, 6.45) is 8.38. The highest BCUT2D eigenvalue weighted by Gasteiger charge is 2.28. The largest absolute Gasteiger partial charge is 0.472 e. The number of esters is 2. The molecule has 0 aliphatic heterocycles. The summed E-state index contributed by atoms with van der Waals surface area (Å²) in [5.41, 5.74) is 7.81. The maximum Gasteiger partial charge on any atom is 0.472 e. The van der Waals surface area contributed by atoms with Gasteiger partial charge in [0.2, 0.25) is 0 Å². The van der Waals surface area contributed by atoms with Crippen LogP contribution in [-0.4, -0.2) is 49.3 Å². The van der Waals surface area contributed by atoms with E-state index in [0.717, 1.165) is 30.0 Å². The van der Waals surface area contributed by atoms with Crippen molar-refractivity contribution in [2.75, 3.05) is 26.4 Å². The number of rotatable bonds is 18. The molecule has 0 saturated carbocycles. The van der Waals surface area contributed by atoms with Gasteiger partial charge in [-0.2, -0.15) is 0 Å². The first kappa shape index (κ1) is 41.5. The maximum atomic E-state index is 12.3. The fourth-order valence-corrected chi connectivity index (χ4v) is 12.7. The lowest BCUT2D eigenvalue weighted by Crippen LogP contribution is -2.28. The van der Waals surface area contributed by atoms with Crippen LogP contribution in [0, 0.1) is 21.4 Å². The zero-order valence-corrected chi connectivity index (χ0v) is 37.0. The van der Waals surface area contributed by atoms with E-state index in [1.807, 2.05) is 6.08 Å². The number of phosphoric acid groups is 1. The van der Waals surface area contributed by atoms with Crippen molar-refractivity contribution in [2.24, 2.45) is 5.73 Å². The second-order valence-electron chi connectivity index (χ2n) is 8.98. The molecule has 0 spiro atoms. The molecule has 242 valence electrons. The van der Waals surface area contributed by atoms with Crippen LogP contribution in [0.25, 0.3) is 0 Å². The normalized spacial score (nSPS) is 13.7. The van der Waals surface area contributed by atoms with Crippen molar-refractivity contribution in [1.82, 2.24) is 0 Å². The summed E-state index contributed by atoms with van der Waals surface area (Å²) in [5, 5.41) is 0. The van der Waals surface area contributed by atoms with Gasteiger partial charge in [0.1, 0.15) is 19.3 Å². The van der Waals surface area contributed by atoms with Crippen LogP contribution in [0.1, 0.15) is 30.4 Å². The van der Waals surface area contributed by atoms with Gasteiger partial charge in [-0.05, 0) is 197 Å². The lowest BCUT2D eigenvalue weighted by atomic mass is 10.1. The highest BCUT2D eigenvalue weighted by atomic mass is 127. The van der Waals surface area contributed by atoms with Gasteiger partial charge in [-0.15, -0.1) is 0 Å². The van der Waals surface area contributed by atoms with Gasteiger partial charge in [0.25, 0.3) is 0 Å². The number of hydrogen-bond acceptors (Lipinski definition) is 8. The Morgan fingerprint density at radius 1 is 0.818 bits per heavy atom. The van der Waals surface area contributed by atoms with Gasteiger partial charge in [0.15, 0.2) is 0 Å². The van der Waals surface area contributed by atoms with Gasteiger partial charge in [0.05, 0.1) is 13.0 Å². The van der Waals surface area contributed by atoms with E-state index in [4.69, 9.17) is 24.3 Å². The number of carbonyl (C=O) groups is 2. The van der Waals surface area contributed by atoms with Crippen LogP contribution in [0.2, 0.25) is 0 Å². The van der Waals surface area contributed by atoms with Crippen LogP contribution in [-0.2, 0) is 45.5 Å².